The zero-order chi connectivity index (χ0) is 19.1. The van der Waals surface area contributed by atoms with E-state index >= 15 is 0 Å². The van der Waals surface area contributed by atoms with Crippen LogP contribution in [0.15, 0.2) is 23.1 Å². The Labute approximate surface area is 163 Å². The monoisotopic (exact) mass is 418 g/mol. The molecule has 10 heteroatoms. The van der Waals surface area contributed by atoms with Gasteiger partial charge < -0.3 is 9.64 Å². The van der Waals surface area contributed by atoms with E-state index in [1.807, 2.05) is 6.07 Å². The van der Waals surface area contributed by atoms with Gasteiger partial charge in [0, 0.05) is 38.2 Å². The molecule has 1 aromatic heterocycles. The molecule has 0 N–H and O–H groups in total. The van der Waals surface area contributed by atoms with E-state index in [-0.39, 0.29) is 10.0 Å². The maximum atomic E-state index is 13.0. The lowest BCUT2D eigenvalue weighted by atomic mass is 10.2. The molecule has 0 spiro atoms. The summed E-state index contributed by atoms with van der Waals surface area (Å²) in [7, 11) is -0.477. The van der Waals surface area contributed by atoms with Crippen LogP contribution in [0.2, 0.25) is 10.2 Å². The second kappa shape index (κ2) is 7.26. The highest BCUT2D eigenvalue weighted by atomic mass is 35.5. The van der Waals surface area contributed by atoms with Gasteiger partial charge in [-0.1, -0.05) is 23.2 Å². The summed E-state index contributed by atoms with van der Waals surface area (Å²) in [6, 6.07) is 5.39. The van der Waals surface area contributed by atoms with E-state index in [0.29, 0.717) is 42.6 Å². The van der Waals surface area contributed by atoms with E-state index in [2.05, 4.69) is 10.00 Å². The van der Waals surface area contributed by atoms with E-state index < -0.39 is 10.0 Å². The van der Waals surface area contributed by atoms with Gasteiger partial charge in [0.05, 0.1) is 18.5 Å². The summed E-state index contributed by atoms with van der Waals surface area (Å²) < 4.78 is 34.2. The maximum Gasteiger partial charge on any atom is 0.248 e. The summed E-state index contributed by atoms with van der Waals surface area (Å²) in [5.74, 6) is 0.705. The van der Waals surface area contributed by atoms with Crippen LogP contribution < -0.4 is 9.64 Å². The van der Waals surface area contributed by atoms with Gasteiger partial charge in [0.25, 0.3) is 0 Å². The molecule has 1 aromatic carbocycles. The summed E-state index contributed by atoms with van der Waals surface area (Å²) in [6.07, 6.45) is 0. The van der Waals surface area contributed by atoms with Gasteiger partial charge >= 0.3 is 0 Å². The Morgan fingerprint density at radius 1 is 1.15 bits per heavy atom. The second-order valence-electron chi connectivity index (χ2n) is 6.04. The van der Waals surface area contributed by atoms with E-state index in [1.54, 1.807) is 33.2 Å². The quantitative estimate of drug-likeness (QED) is 0.762. The van der Waals surface area contributed by atoms with Crippen LogP contribution in [-0.2, 0) is 17.1 Å². The number of benzene rings is 1. The Hall–Kier alpha value is -1.48. The molecule has 0 saturated carbocycles. The van der Waals surface area contributed by atoms with Gasteiger partial charge in [-0.15, -0.1) is 0 Å². The number of nitrogens with zero attached hydrogens (tertiary/aromatic N) is 4. The fourth-order valence-electron chi connectivity index (χ4n) is 3.11. The van der Waals surface area contributed by atoms with Crippen LogP contribution in [0.5, 0.6) is 5.75 Å². The van der Waals surface area contributed by atoms with E-state index in [0.717, 1.165) is 5.69 Å². The van der Waals surface area contributed by atoms with Gasteiger partial charge in [0.15, 0.2) is 0 Å². The smallest absolute Gasteiger partial charge is 0.248 e. The van der Waals surface area contributed by atoms with Crippen molar-refractivity contribution in [1.29, 1.82) is 0 Å². The lowest BCUT2D eigenvalue weighted by Gasteiger charge is -2.36. The molecule has 2 aromatic rings. The summed E-state index contributed by atoms with van der Waals surface area (Å²) in [6.45, 7) is 3.36. The number of aryl methyl sites for hydroxylation is 2. The molecule has 7 nitrogen and oxygen atoms in total. The van der Waals surface area contributed by atoms with Crippen molar-refractivity contribution in [3.63, 3.8) is 0 Å². The normalized spacial score (nSPS) is 16.1. The van der Waals surface area contributed by atoms with Crippen LogP contribution in [0.25, 0.3) is 0 Å². The fraction of sp³-hybridized carbons (Fsp3) is 0.438. The number of piperazine rings is 1. The standard InChI is InChI=1S/C16H20Cl2N4O3S/c1-11-15(16(18)20(2)19-11)26(23,24)22-8-6-21(7-9-22)13-10-12(17)4-5-14(13)25-3/h4-5,10H,6-9H2,1-3H3. The molecule has 0 bridgehead atoms. The van der Waals surface area contributed by atoms with Gasteiger partial charge in [-0.25, -0.2) is 8.42 Å². The maximum absolute atomic E-state index is 13.0. The second-order valence-corrected chi connectivity index (χ2v) is 8.71. The molecule has 1 fully saturated rings. The first-order valence-corrected chi connectivity index (χ1v) is 10.2. The number of hydrogen-bond donors (Lipinski definition) is 0. The molecule has 1 aliphatic rings. The largest absolute Gasteiger partial charge is 0.495 e. The Morgan fingerprint density at radius 3 is 2.35 bits per heavy atom. The van der Waals surface area contributed by atoms with Crippen LogP contribution in [0, 0.1) is 6.92 Å². The molecule has 2 heterocycles. The highest BCUT2D eigenvalue weighted by Crippen LogP contribution is 2.33. The number of ether oxygens (including phenoxy) is 1. The third kappa shape index (κ3) is 3.38. The van der Waals surface area contributed by atoms with Gasteiger partial charge in [-0.3, -0.25) is 4.68 Å². The van der Waals surface area contributed by atoms with Crippen molar-refractivity contribution in [1.82, 2.24) is 14.1 Å². The number of rotatable bonds is 4. The highest BCUT2D eigenvalue weighted by molar-refractivity contribution is 7.89. The van der Waals surface area contributed by atoms with Crippen LogP contribution >= 0.6 is 23.2 Å². The SMILES string of the molecule is COc1ccc(Cl)cc1N1CCN(S(=O)(=O)c2c(C)nn(C)c2Cl)CC1. The summed E-state index contributed by atoms with van der Waals surface area (Å²) in [5, 5.41) is 4.84. The molecular weight excluding hydrogens is 399 g/mol. The third-order valence-corrected chi connectivity index (χ3v) is 7.25. The lowest BCUT2D eigenvalue weighted by molar-refractivity contribution is 0.378. The molecular formula is C16H20Cl2N4O3S. The highest BCUT2D eigenvalue weighted by Gasteiger charge is 2.34. The number of halogens is 2. The minimum Gasteiger partial charge on any atom is -0.495 e. The van der Waals surface area contributed by atoms with Gasteiger partial charge in [0.2, 0.25) is 10.0 Å². The Bertz CT molecular complexity index is 922. The topological polar surface area (TPSA) is 67.7 Å². The molecule has 1 saturated heterocycles. The van der Waals surface area contributed by atoms with Crippen LogP contribution in [0.3, 0.4) is 0 Å². The van der Waals surface area contributed by atoms with Crippen molar-refractivity contribution in [3.8, 4) is 5.75 Å². The van der Waals surface area contributed by atoms with Crippen molar-refractivity contribution < 1.29 is 13.2 Å². The van der Waals surface area contributed by atoms with Gasteiger partial charge in [0.1, 0.15) is 15.8 Å². The molecule has 0 atom stereocenters. The van der Waals surface area contributed by atoms with Crippen molar-refractivity contribution in [2.24, 2.45) is 7.05 Å². The molecule has 0 amide bonds. The predicted octanol–water partition coefficient (Wildman–Crippen LogP) is 2.55. The molecule has 0 unspecified atom stereocenters. The number of aromatic nitrogens is 2. The van der Waals surface area contributed by atoms with Gasteiger partial charge in [-0.2, -0.15) is 9.40 Å². The molecule has 26 heavy (non-hydrogen) atoms. The van der Waals surface area contributed by atoms with Crippen LogP contribution in [-0.4, -0.2) is 55.8 Å². The summed E-state index contributed by atoms with van der Waals surface area (Å²) in [4.78, 5) is 2.14. The summed E-state index contributed by atoms with van der Waals surface area (Å²) >= 11 is 12.3. The minimum atomic E-state index is -3.70. The minimum absolute atomic E-state index is 0.0791. The number of methoxy groups -OCH3 is 1. The van der Waals surface area contributed by atoms with Crippen LogP contribution in [0.4, 0.5) is 5.69 Å². The molecule has 0 radical (unpaired) electrons. The molecule has 142 valence electrons. The van der Waals surface area contributed by atoms with E-state index in [9.17, 15) is 8.42 Å². The fourth-order valence-corrected chi connectivity index (χ4v) is 5.41. The average molecular weight is 419 g/mol. The number of hydrogen-bond acceptors (Lipinski definition) is 5. The van der Waals surface area contributed by atoms with Gasteiger partial charge in [-0.05, 0) is 25.1 Å². The number of anilines is 1. The first kappa shape index (κ1) is 19.3. The van der Waals surface area contributed by atoms with E-state index in [4.69, 9.17) is 27.9 Å². The average Bonchev–Trinajstić information content (AvgIpc) is 2.87. The molecule has 1 aliphatic heterocycles. The van der Waals surface area contributed by atoms with Crippen molar-refractivity contribution in [3.05, 3.63) is 34.1 Å². The van der Waals surface area contributed by atoms with Crippen molar-refractivity contribution in [2.45, 2.75) is 11.8 Å². The Balaban J connectivity index is 1.81. The summed E-state index contributed by atoms with van der Waals surface area (Å²) in [5.41, 5.74) is 1.25. The number of sulfonamides is 1. The zero-order valence-corrected chi connectivity index (χ0v) is 17.1. The predicted molar refractivity (Wildman–Crippen MR) is 102 cm³/mol. The molecule has 0 aliphatic carbocycles. The van der Waals surface area contributed by atoms with Crippen molar-refractivity contribution in [2.75, 3.05) is 38.2 Å². The van der Waals surface area contributed by atoms with E-state index in [1.165, 1.54) is 8.99 Å². The molecule has 3 rings (SSSR count). The third-order valence-electron chi connectivity index (χ3n) is 4.42. The van der Waals surface area contributed by atoms with Crippen LogP contribution in [0.1, 0.15) is 5.69 Å². The van der Waals surface area contributed by atoms with Crippen molar-refractivity contribution >= 4 is 38.9 Å². The lowest BCUT2D eigenvalue weighted by Crippen LogP contribution is -2.48. The zero-order valence-electron chi connectivity index (χ0n) is 14.7. The first-order chi connectivity index (χ1) is 12.3. The first-order valence-electron chi connectivity index (χ1n) is 8.03. The Morgan fingerprint density at radius 2 is 1.81 bits per heavy atom. The Kier molecular flexibility index (Phi) is 5.39.